The van der Waals surface area contributed by atoms with E-state index in [-0.39, 0.29) is 6.03 Å². The molecule has 21 heavy (non-hydrogen) atoms. The summed E-state index contributed by atoms with van der Waals surface area (Å²) < 4.78 is 5.29. The second kappa shape index (κ2) is 6.59. The zero-order valence-electron chi connectivity index (χ0n) is 12.0. The number of ether oxygens (including phenoxy) is 1. The monoisotopic (exact) mass is 284 g/mol. The Kier molecular flexibility index (Phi) is 4.36. The third-order valence-electron chi connectivity index (χ3n) is 3.84. The van der Waals surface area contributed by atoms with Crippen LogP contribution in [0, 0.1) is 5.92 Å². The van der Waals surface area contributed by atoms with E-state index >= 15 is 0 Å². The first-order chi connectivity index (χ1) is 10.3. The Morgan fingerprint density at radius 1 is 1.14 bits per heavy atom. The van der Waals surface area contributed by atoms with E-state index in [2.05, 4.69) is 34.9 Å². The van der Waals surface area contributed by atoms with Crippen molar-refractivity contribution < 1.29 is 9.53 Å². The molecular formula is C17H20N2O2. The van der Waals surface area contributed by atoms with Gasteiger partial charge in [-0.1, -0.05) is 36.4 Å². The third-order valence-corrected chi connectivity index (χ3v) is 3.84. The Hall–Kier alpha value is -2.07. The van der Waals surface area contributed by atoms with Crippen molar-refractivity contribution in [2.75, 3.05) is 19.8 Å². The van der Waals surface area contributed by atoms with Gasteiger partial charge in [-0.05, 0) is 28.8 Å². The fourth-order valence-corrected chi connectivity index (χ4v) is 2.57. The number of carbonyl (C=O) groups excluding carboxylic acids is 1. The molecule has 2 aromatic carbocycles. The van der Waals surface area contributed by atoms with Gasteiger partial charge in [0.1, 0.15) is 0 Å². The van der Waals surface area contributed by atoms with Gasteiger partial charge in [0.2, 0.25) is 0 Å². The molecule has 110 valence electrons. The van der Waals surface area contributed by atoms with Gasteiger partial charge in [-0.3, -0.25) is 0 Å². The Labute approximate surface area is 124 Å². The molecule has 0 saturated carbocycles. The lowest BCUT2D eigenvalue weighted by molar-refractivity contribution is 0.185. The molecule has 0 spiro atoms. The fourth-order valence-electron chi connectivity index (χ4n) is 2.57. The molecule has 2 aromatic rings. The molecule has 4 heteroatoms. The minimum atomic E-state index is -0.116. The van der Waals surface area contributed by atoms with Crippen molar-refractivity contribution in [3.8, 4) is 0 Å². The first kappa shape index (κ1) is 13.9. The summed E-state index contributed by atoms with van der Waals surface area (Å²) in [6, 6.07) is 14.3. The van der Waals surface area contributed by atoms with Crippen molar-refractivity contribution in [1.29, 1.82) is 0 Å². The maximum atomic E-state index is 11.8. The maximum absolute atomic E-state index is 11.8. The molecule has 0 bridgehead atoms. The van der Waals surface area contributed by atoms with Crippen LogP contribution in [0.1, 0.15) is 12.0 Å². The second-order valence-electron chi connectivity index (χ2n) is 5.47. The number of nitrogens with one attached hydrogen (secondary N) is 2. The van der Waals surface area contributed by atoms with Crippen molar-refractivity contribution >= 4 is 16.8 Å². The van der Waals surface area contributed by atoms with Crippen LogP contribution >= 0.6 is 0 Å². The van der Waals surface area contributed by atoms with Gasteiger partial charge in [0, 0.05) is 25.6 Å². The average Bonchev–Trinajstić information content (AvgIpc) is 3.04. The summed E-state index contributed by atoms with van der Waals surface area (Å²) in [4.78, 5) is 11.8. The highest BCUT2D eigenvalue weighted by molar-refractivity contribution is 5.83. The highest BCUT2D eigenvalue weighted by atomic mass is 16.5. The molecule has 1 aliphatic heterocycles. The number of rotatable bonds is 4. The van der Waals surface area contributed by atoms with Crippen molar-refractivity contribution in [2.24, 2.45) is 5.92 Å². The highest BCUT2D eigenvalue weighted by Crippen LogP contribution is 2.15. The molecule has 0 aliphatic carbocycles. The summed E-state index contributed by atoms with van der Waals surface area (Å²) in [5.74, 6) is 0.455. The molecule has 2 N–H and O–H groups in total. The molecule has 0 unspecified atom stereocenters. The lowest BCUT2D eigenvalue weighted by atomic mass is 10.1. The minimum absolute atomic E-state index is 0.116. The van der Waals surface area contributed by atoms with E-state index in [1.165, 1.54) is 10.8 Å². The zero-order chi connectivity index (χ0) is 14.5. The van der Waals surface area contributed by atoms with Crippen molar-refractivity contribution in [1.82, 2.24) is 10.6 Å². The Balaban J connectivity index is 1.49. The molecular weight excluding hydrogens is 264 g/mol. The van der Waals surface area contributed by atoms with E-state index in [9.17, 15) is 4.79 Å². The molecule has 4 nitrogen and oxygen atoms in total. The predicted octanol–water partition coefficient (Wildman–Crippen LogP) is 2.68. The van der Waals surface area contributed by atoms with E-state index in [0.717, 1.165) is 25.2 Å². The smallest absolute Gasteiger partial charge is 0.315 e. The van der Waals surface area contributed by atoms with Crippen molar-refractivity contribution in [3.05, 3.63) is 48.0 Å². The van der Waals surface area contributed by atoms with Crippen molar-refractivity contribution in [2.45, 2.75) is 13.0 Å². The number of urea groups is 1. The molecule has 1 atom stereocenters. The first-order valence-corrected chi connectivity index (χ1v) is 7.38. The molecule has 1 heterocycles. The van der Waals surface area contributed by atoms with Gasteiger partial charge in [0.05, 0.1) is 6.61 Å². The van der Waals surface area contributed by atoms with Gasteiger partial charge in [0.25, 0.3) is 0 Å². The van der Waals surface area contributed by atoms with E-state index in [1.54, 1.807) is 0 Å². The van der Waals surface area contributed by atoms with E-state index < -0.39 is 0 Å². The first-order valence-electron chi connectivity index (χ1n) is 7.38. The number of hydrogen-bond acceptors (Lipinski definition) is 2. The third kappa shape index (κ3) is 3.73. The number of fused-ring (bicyclic) bond motifs is 1. The number of amides is 2. The Morgan fingerprint density at radius 3 is 2.81 bits per heavy atom. The second-order valence-corrected chi connectivity index (χ2v) is 5.47. The standard InChI is InChI=1S/C17H20N2O2/c20-17(19-11-14-7-8-21-12-14)18-10-13-5-6-15-3-1-2-4-16(15)9-13/h1-6,9,14H,7-8,10-12H2,(H2,18,19,20)/t14-/m1/s1. The molecule has 3 rings (SSSR count). The van der Waals surface area contributed by atoms with Gasteiger partial charge in [-0.2, -0.15) is 0 Å². The highest BCUT2D eigenvalue weighted by Gasteiger charge is 2.15. The molecule has 2 amide bonds. The lowest BCUT2D eigenvalue weighted by Crippen LogP contribution is -2.38. The summed E-state index contributed by atoms with van der Waals surface area (Å²) in [6.07, 6.45) is 1.03. The van der Waals surface area contributed by atoms with E-state index in [4.69, 9.17) is 4.74 Å². The van der Waals surface area contributed by atoms with Crippen LogP contribution in [0.5, 0.6) is 0 Å². The fraction of sp³-hybridized carbons (Fsp3) is 0.353. The normalized spacial score (nSPS) is 17.8. The molecule has 0 radical (unpaired) electrons. The Morgan fingerprint density at radius 2 is 2.00 bits per heavy atom. The number of hydrogen-bond donors (Lipinski definition) is 2. The predicted molar refractivity (Wildman–Crippen MR) is 83.1 cm³/mol. The van der Waals surface area contributed by atoms with Gasteiger partial charge in [-0.15, -0.1) is 0 Å². The number of benzene rings is 2. The van der Waals surface area contributed by atoms with Crippen LogP contribution in [0.3, 0.4) is 0 Å². The van der Waals surface area contributed by atoms with Gasteiger partial charge >= 0.3 is 6.03 Å². The summed E-state index contributed by atoms with van der Waals surface area (Å²) >= 11 is 0. The van der Waals surface area contributed by atoms with Crippen LogP contribution in [0.25, 0.3) is 10.8 Å². The number of carbonyl (C=O) groups is 1. The summed E-state index contributed by atoms with van der Waals surface area (Å²) in [7, 11) is 0. The van der Waals surface area contributed by atoms with E-state index in [0.29, 0.717) is 19.0 Å². The molecule has 0 aromatic heterocycles. The van der Waals surface area contributed by atoms with E-state index in [1.807, 2.05) is 18.2 Å². The quantitative estimate of drug-likeness (QED) is 0.907. The molecule has 1 aliphatic rings. The topological polar surface area (TPSA) is 50.4 Å². The zero-order valence-corrected chi connectivity index (χ0v) is 12.0. The van der Waals surface area contributed by atoms with Crippen LogP contribution in [0.4, 0.5) is 4.79 Å². The van der Waals surface area contributed by atoms with Crippen LogP contribution in [0.15, 0.2) is 42.5 Å². The van der Waals surface area contributed by atoms with Gasteiger partial charge in [-0.25, -0.2) is 4.79 Å². The van der Waals surface area contributed by atoms with Crippen LogP contribution in [0.2, 0.25) is 0 Å². The van der Waals surface area contributed by atoms with Crippen LogP contribution < -0.4 is 10.6 Å². The molecule has 1 fully saturated rings. The largest absolute Gasteiger partial charge is 0.381 e. The lowest BCUT2D eigenvalue weighted by Gasteiger charge is -2.11. The van der Waals surface area contributed by atoms with Crippen LogP contribution in [-0.4, -0.2) is 25.8 Å². The van der Waals surface area contributed by atoms with Crippen LogP contribution in [-0.2, 0) is 11.3 Å². The summed E-state index contributed by atoms with van der Waals surface area (Å²) in [6.45, 7) is 2.79. The SMILES string of the molecule is O=C(NCc1ccc2ccccc2c1)NC[C@H]1CCOC1. The maximum Gasteiger partial charge on any atom is 0.315 e. The van der Waals surface area contributed by atoms with Crippen molar-refractivity contribution in [3.63, 3.8) is 0 Å². The minimum Gasteiger partial charge on any atom is -0.381 e. The summed E-state index contributed by atoms with van der Waals surface area (Å²) in [5.41, 5.74) is 1.10. The average molecular weight is 284 g/mol. The van der Waals surface area contributed by atoms with Gasteiger partial charge in [0.15, 0.2) is 0 Å². The summed E-state index contributed by atoms with van der Waals surface area (Å²) in [5, 5.41) is 8.21. The Bertz CT molecular complexity index is 621. The van der Waals surface area contributed by atoms with Gasteiger partial charge < -0.3 is 15.4 Å². The molecule has 1 saturated heterocycles.